The minimum atomic E-state index is -0.885. The number of hydrogen-bond donors (Lipinski definition) is 1. The van der Waals surface area contributed by atoms with Gasteiger partial charge in [0.05, 0.1) is 34.4 Å². The van der Waals surface area contributed by atoms with E-state index in [1.54, 1.807) is 0 Å². The Bertz CT molecular complexity index is 1020. The number of likely N-dealkylation sites (N-methyl/N-ethyl adjacent to an activating group) is 1. The molecule has 0 aromatic carbocycles. The van der Waals surface area contributed by atoms with Crippen molar-refractivity contribution in [3.63, 3.8) is 0 Å². The molecule has 0 aliphatic carbocycles. The monoisotopic (exact) mass is 717 g/mol. The molecular formula is C43H74NO7+. The van der Waals surface area contributed by atoms with Gasteiger partial charge in [-0.3, -0.25) is 9.59 Å². The second-order valence-corrected chi connectivity index (χ2v) is 14.2. The molecule has 292 valence electrons. The predicted molar refractivity (Wildman–Crippen MR) is 211 cm³/mol. The lowest BCUT2D eigenvalue weighted by Crippen LogP contribution is -2.50. The summed E-state index contributed by atoms with van der Waals surface area (Å²) < 4.78 is 17.2. The average molecular weight is 717 g/mol. The molecule has 0 aliphatic rings. The van der Waals surface area contributed by atoms with Crippen LogP contribution in [0.3, 0.4) is 0 Å². The summed E-state index contributed by atoms with van der Waals surface area (Å²) in [7, 11) is 5.50. The van der Waals surface area contributed by atoms with Crippen molar-refractivity contribution in [3.8, 4) is 0 Å². The van der Waals surface area contributed by atoms with E-state index in [2.05, 4.69) is 74.6 Å². The van der Waals surface area contributed by atoms with Gasteiger partial charge in [-0.15, -0.1) is 0 Å². The van der Waals surface area contributed by atoms with Crippen molar-refractivity contribution in [2.75, 3.05) is 41.0 Å². The fourth-order valence-electron chi connectivity index (χ4n) is 5.32. The number of hydrogen-bond acceptors (Lipinski definition) is 6. The van der Waals surface area contributed by atoms with Crippen molar-refractivity contribution in [2.24, 2.45) is 0 Å². The molecule has 1 N–H and O–H groups in total. The Kier molecular flexibility index (Phi) is 32.1. The molecule has 0 aliphatic heterocycles. The Morgan fingerprint density at radius 2 is 1.16 bits per heavy atom. The zero-order valence-corrected chi connectivity index (χ0v) is 33.0. The molecule has 0 rings (SSSR count). The van der Waals surface area contributed by atoms with Crippen LogP contribution in [0.2, 0.25) is 0 Å². The van der Waals surface area contributed by atoms with E-state index in [9.17, 15) is 19.5 Å². The van der Waals surface area contributed by atoms with E-state index < -0.39 is 18.1 Å². The number of aliphatic carboxylic acids is 1. The van der Waals surface area contributed by atoms with Gasteiger partial charge >= 0.3 is 17.9 Å². The Morgan fingerprint density at radius 1 is 0.627 bits per heavy atom. The Labute approximate surface area is 311 Å². The standard InChI is InChI=1S/C43H73NO7/c1-6-8-10-12-14-16-18-19-20-21-22-24-25-27-29-31-33-41(45)50-38-39(37-49-36-35-40(43(47)48)44(3,4)5)51-42(46)34-32-30-28-26-23-17-15-13-11-9-7-2/h8,10,13-17,19-20,23,39-40H,6-7,9,11-12,18,21-22,24-38H2,1-5H3/p+1/b10-8+,15-13+,16-14+,20-19+,23-17+. The number of allylic oxidation sites excluding steroid dienone is 10. The van der Waals surface area contributed by atoms with Crippen LogP contribution >= 0.6 is 0 Å². The van der Waals surface area contributed by atoms with Crippen molar-refractivity contribution in [1.29, 1.82) is 0 Å². The molecule has 0 spiro atoms. The lowest BCUT2D eigenvalue weighted by atomic mass is 10.1. The largest absolute Gasteiger partial charge is 0.477 e. The molecule has 0 heterocycles. The topological polar surface area (TPSA) is 99.1 Å². The minimum absolute atomic E-state index is 0.0433. The van der Waals surface area contributed by atoms with E-state index in [0.29, 0.717) is 19.3 Å². The SMILES string of the molecule is CC/C=C/C/C=C/C/C=C/CCCCCCCCC(=O)OCC(COCCC(C(=O)O)[N+](C)(C)C)OC(=O)CCCCC/C=C/C=C/CCCC. The zero-order chi connectivity index (χ0) is 37.8. The van der Waals surface area contributed by atoms with Gasteiger partial charge in [0.15, 0.2) is 12.1 Å². The summed E-state index contributed by atoms with van der Waals surface area (Å²) in [6, 6.07) is -0.622. The fourth-order valence-corrected chi connectivity index (χ4v) is 5.32. The number of ether oxygens (including phenoxy) is 3. The first-order valence-electron chi connectivity index (χ1n) is 19.8. The van der Waals surface area contributed by atoms with E-state index in [4.69, 9.17) is 14.2 Å². The van der Waals surface area contributed by atoms with Gasteiger partial charge in [0, 0.05) is 19.3 Å². The Hall–Kier alpha value is -2.97. The summed E-state index contributed by atoms with van der Waals surface area (Å²) in [6.07, 6.45) is 39.8. The molecule has 51 heavy (non-hydrogen) atoms. The van der Waals surface area contributed by atoms with E-state index >= 15 is 0 Å². The van der Waals surface area contributed by atoms with Gasteiger partial charge in [0.25, 0.3) is 0 Å². The first kappa shape index (κ1) is 48.0. The molecule has 0 aromatic rings. The number of carboxylic acid groups (broad SMARTS) is 1. The van der Waals surface area contributed by atoms with E-state index in [0.717, 1.165) is 83.5 Å². The summed E-state index contributed by atoms with van der Waals surface area (Å²) >= 11 is 0. The van der Waals surface area contributed by atoms with E-state index in [-0.39, 0.29) is 36.2 Å². The summed E-state index contributed by atoms with van der Waals surface area (Å²) in [5, 5.41) is 9.58. The molecule has 0 aromatic heterocycles. The molecule has 8 nitrogen and oxygen atoms in total. The van der Waals surface area contributed by atoms with Crippen LogP contribution in [0.4, 0.5) is 0 Å². The number of carbonyl (C=O) groups excluding carboxylic acids is 2. The number of unbranched alkanes of at least 4 members (excludes halogenated alkanes) is 11. The zero-order valence-electron chi connectivity index (χ0n) is 33.0. The highest BCUT2D eigenvalue weighted by molar-refractivity contribution is 5.72. The molecule has 0 fully saturated rings. The van der Waals surface area contributed by atoms with Gasteiger partial charge in [-0.1, -0.05) is 120 Å². The van der Waals surface area contributed by atoms with Crippen LogP contribution in [0.5, 0.6) is 0 Å². The summed E-state index contributed by atoms with van der Waals surface area (Å²) in [4.78, 5) is 36.8. The summed E-state index contributed by atoms with van der Waals surface area (Å²) in [6.45, 7) is 4.50. The molecule has 0 saturated carbocycles. The van der Waals surface area contributed by atoms with Gasteiger partial charge in [-0.25, -0.2) is 4.79 Å². The third kappa shape index (κ3) is 32.7. The Balaban J connectivity index is 4.44. The Morgan fingerprint density at radius 3 is 1.76 bits per heavy atom. The molecule has 2 atom stereocenters. The van der Waals surface area contributed by atoms with Gasteiger partial charge in [-0.05, 0) is 64.2 Å². The molecule has 0 radical (unpaired) electrons. The number of rotatable bonds is 34. The van der Waals surface area contributed by atoms with Crippen LogP contribution in [0.1, 0.15) is 142 Å². The van der Waals surface area contributed by atoms with Crippen molar-refractivity contribution >= 4 is 17.9 Å². The smallest absolute Gasteiger partial charge is 0.362 e. The molecular weight excluding hydrogens is 642 g/mol. The molecule has 0 amide bonds. The number of quaternary nitrogens is 1. The highest BCUT2D eigenvalue weighted by Gasteiger charge is 2.31. The minimum Gasteiger partial charge on any atom is -0.477 e. The van der Waals surface area contributed by atoms with Crippen molar-refractivity contribution in [3.05, 3.63) is 60.8 Å². The third-order valence-electron chi connectivity index (χ3n) is 8.43. The number of carbonyl (C=O) groups is 3. The maximum Gasteiger partial charge on any atom is 0.362 e. The van der Waals surface area contributed by atoms with Crippen LogP contribution < -0.4 is 0 Å². The fraction of sp³-hybridized carbons (Fsp3) is 0.698. The van der Waals surface area contributed by atoms with Crippen molar-refractivity contribution in [1.82, 2.24) is 0 Å². The van der Waals surface area contributed by atoms with E-state index in [1.807, 2.05) is 21.1 Å². The predicted octanol–water partition coefficient (Wildman–Crippen LogP) is 10.2. The van der Waals surface area contributed by atoms with Crippen LogP contribution in [0.25, 0.3) is 0 Å². The van der Waals surface area contributed by atoms with Gasteiger partial charge in [-0.2, -0.15) is 0 Å². The van der Waals surface area contributed by atoms with Crippen LogP contribution in [0, 0.1) is 0 Å². The second-order valence-electron chi connectivity index (χ2n) is 14.2. The van der Waals surface area contributed by atoms with Gasteiger partial charge in [0.2, 0.25) is 0 Å². The normalized spacial score (nSPS) is 13.7. The highest BCUT2D eigenvalue weighted by atomic mass is 16.6. The highest BCUT2D eigenvalue weighted by Crippen LogP contribution is 2.12. The van der Waals surface area contributed by atoms with Crippen molar-refractivity contribution < 1.29 is 38.2 Å². The van der Waals surface area contributed by atoms with Gasteiger partial charge in [0.1, 0.15) is 6.61 Å². The van der Waals surface area contributed by atoms with Crippen LogP contribution in [0.15, 0.2) is 60.8 Å². The first-order valence-corrected chi connectivity index (χ1v) is 19.8. The molecule has 0 bridgehead atoms. The third-order valence-corrected chi connectivity index (χ3v) is 8.43. The lowest BCUT2D eigenvalue weighted by molar-refractivity contribution is -0.887. The molecule has 2 unspecified atom stereocenters. The maximum atomic E-state index is 12.6. The van der Waals surface area contributed by atoms with Crippen molar-refractivity contribution in [2.45, 2.75) is 154 Å². The number of carboxylic acids is 1. The molecule has 8 heteroatoms. The first-order chi connectivity index (χ1) is 24.6. The molecule has 0 saturated heterocycles. The van der Waals surface area contributed by atoms with Crippen LogP contribution in [-0.2, 0) is 28.6 Å². The lowest BCUT2D eigenvalue weighted by Gasteiger charge is -2.31. The quantitative estimate of drug-likeness (QED) is 0.0233. The number of esters is 2. The maximum absolute atomic E-state index is 12.6. The van der Waals surface area contributed by atoms with E-state index in [1.165, 1.54) is 25.7 Å². The second kappa shape index (κ2) is 34.1. The number of nitrogens with zero attached hydrogens (tertiary/aromatic N) is 1. The average Bonchev–Trinajstić information content (AvgIpc) is 3.08. The van der Waals surface area contributed by atoms with Gasteiger partial charge < -0.3 is 23.8 Å². The van der Waals surface area contributed by atoms with Crippen LogP contribution in [-0.4, -0.2) is 80.6 Å². The summed E-state index contributed by atoms with van der Waals surface area (Å²) in [5.41, 5.74) is 0. The summed E-state index contributed by atoms with van der Waals surface area (Å²) in [5.74, 6) is -1.53.